The molecule has 0 bridgehead atoms. The minimum absolute atomic E-state index is 0.359. The number of rotatable bonds is 8. The SMILES string of the molecule is COCCNCC(C)(Cc1ccoc1)C1CC1. The van der Waals surface area contributed by atoms with E-state index in [0.717, 1.165) is 32.0 Å². The first kappa shape index (κ1) is 12.7. The van der Waals surface area contributed by atoms with Gasteiger partial charge in [-0.25, -0.2) is 0 Å². The summed E-state index contributed by atoms with van der Waals surface area (Å²) in [5.74, 6) is 0.868. The van der Waals surface area contributed by atoms with Crippen LogP contribution in [0.1, 0.15) is 25.3 Å². The molecule has 0 amide bonds. The molecule has 1 fully saturated rings. The zero-order chi connectivity index (χ0) is 12.1. The minimum atomic E-state index is 0.359. The summed E-state index contributed by atoms with van der Waals surface area (Å²) < 4.78 is 10.2. The smallest absolute Gasteiger partial charge is 0.0934 e. The molecule has 1 heterocycles. The minimum Gasteiger partial charge on any atom is -0.472 e. The third-order valence-electron chi connectivity index (χ3n) is 3.76. The second-order valence-electron chi connectivity index (χ2n) is 5.41. The molecule has 1 aliphatic rings. The van der Waals surface area contributed by atoms with Crippen molar-refractivity contribution in [3.05, 3.63) is 24.2 Å². The standard InChI is InChI=1S/C14H23NO2/c1-14(13-3-4-13,11-15-6-8-16-2)9-12-5-7-17-10-12/h5,7,10,13,15H,3-4,6,8-9,11H2,1-2H3. The number of nitrogens with one attached hydrogen (secondary N) is 1. The van der Waals surface area contributed by atoms with E-state index in [0.29, 0.717) is 5.41 Å². The molecule has 1 unspecified atom stereocenters. The Hall–Kier alpha value is -0.800. The molecule has 1 atom stereocenters. The van der Waals surface area contributed by atoms with Gasteiger partial charge in [-0.05, 0) is 42.2 Å². The lowest BCUT2D eigenvalue weighted by atomic mass is 9.79. The molecule has 3 nitrogen and oxygen atoms in total. The summed E-state index contributed by atoms with van der Waals surface area (Å²) in [4.78, 5) is 0. The summed E-state index contributed by atoms with van der Waals surface area (Å²) in [5, 5.41) is 3.51. The van der Waals surface area contributed by atoms with Crippen LogP contribution in [0.3, 0.4) is 0 Å². The molecule has 0 aromatic carbocycles. The van der Waals surface area contributed by atoms with Gasteiger partial charge in [0, 0.05) is 20.2 Å². The van der Waals surface area contributed by atoms with Crippen molar-refractivity contribution >= 4 is 0 Å². The normalized spacial score (nSPS) is 19.2. The Morgan fingerprint density at radius 3 is 2.94 bits per heavy atom. The van der Waals surface area contributed by atoms with E-state index in [9.17, 15) is 0 Å². The summed E-state index contributed by atoms with van der Waals surface area (Å²) in [6.45, 7) is 5.17. The Morgan fingerprint density at radius 1 is 1.53 bits per heavy atom. The van der Waals surface area contributed by atoms with Crippen LogP contribution in [0.15, 0.2) is 23.0 Å². The first-order valence-corrected chi connectivity index (χ1v) is 6.45. The molecule has 0 spiro atoms. The highest BCUT2D eigenvalue weighted by atomic mass is 16.5. The van der Waals surface area contributed by atoms with Crippen LogP contribution in [-0.4, -0.2) is 26.8 Å². The number of hydrogen-bond donors (Lipinski definition) is 1. The molecule has 1 aromatic heterocycles. The number of ether oxygens (including phenoxy) is 1. The zero-order valence-electron chi connectivity index (χ0n) is 10.9. The lowest BCUT2D eigenvalue weighted by Crippen LogP contribution is -2.36. The third kappa shape index (κ3) is 3.58. The quantitative estimate of drug-likeness (QED) is 0.705. The van der Waals surface area contributed by atoms with E-state index in [1.54, 1.807) is 13.4 Å². The van der Waals surface area contributed by atoms with Gasteiger partial charge in [0.2, 0.25) is 0 Å². The van der Waals surface area contributed by atoms with Gasteiger partial charge in [-0.3, -0.25) is 0 Å². The van der Waals surface area contributed by atoms with Crippen molar-refractivity contribution in [3.8, 4) is 0 Å². The maximum absolute atomic E-state index is 5.16. The molecule has 0 aliphatic heterocycles. The van der Waals surface area contributed by atoms with Gasteiger partial charge in [-0.1, -0.05) is 6.92 Å². The second kappa shape index (κ2) is 5.69. The van der Waals surface area contributed by atoms with Crippen LogP contribution in [-0.2, 0) is 11.2 Å². The van der Waals surface area contributed by atoms with Crippen LogP contribution in [0.25, 0.3) is 0 Å². The molecule has 2 rings (SSSR count). The van der Waals surface area contributed by atoms with Gasteiger partial charge in [0.05, 0.1) is 19.1 Å². The molecular weight excluding hydrogens is 214 g/mol. The molecule has 17 heavy (non-hydrogen) atoms. The van der Waals surface area contributed by atoms with Gasteiger partial charge >= 0.3 is 0 Å². The van der Waals surface area contributed by atoms with Gasteiger partial charge in [0.25, 0.3) is 0 Å². The summed E-state index contributed by atoms with van der Waals surface area (Å²) in [5.41, 5.74) is 1.67. The van der Waals surface area contributed by atoms with Crippen molar-refractivity contribution in [1.29, 1.82) is 0 Å². The van der Waals surface area contributed by atoms with E-state index in [-0.39, 0.29) is 0 Å². The number of methoxy groups -OCH3 is 1. The Morgan fingerprint density at radius 2 is 2.35 bits per heavy atom. The first-order chi connectivity index (χ1) is 8.24. The molecule has 3 heteroatoms. The molecule has 0 saturated heterocycles. The second-order valence-corrected chi connectivity index (χ2v) is 5.41. The van der Waals surface area contributed by atoms with E-state index < -0.39 is 0 Å². The maximum atomic E-state index is 5.16. The van der Waals surface area contributed by atoms with Crippen molar-refractivity contribution < 1.29 is 9.15 Å². The van der Waals surface area contributed by atoms with Crippen LogP contribution in [0.5, 0.6) is 0 Å². The van der Waals surface area contributed by atoms with E-state index in [2.05, 4.69) is 18.3 Å². The predicted octanol–water partition coefficient (Wildman–Crippen LogP) is 2.47. The van der Waals surface area contributed by atoms with Crippen LogP contribution in [0, 0.1) is 11.3 Å². The van der Waals surface area contributed by atoms with Crippen molar-refractivity contribution in [3.63, 3.8) is 0 Å². The van der Waals surface area contributed by atoms with Crippen LogP contribution in [0.4, 0.5) is 0 Å². The maximum Gasteiger partial charge on any atom is 0.0934 e. The topological polar surface area (TPSA) is 34.4 Å². The fraction of sp³-hybridized carbons (Fsp3) is 0.714. The van der Waals surface area contributed by atoms with Crippen molar-refractivity contribution in [2.75, 3.05) is 26.8 Å². The first-order valence-electron chi connectivity index (χ1n) is 6.45. The van der Waals surface area contributed by atoms with Crippen molar-refractivity contribution in [2.45, 2.75) is 26.2 Å². The lowest BCUT2D eigenvalue weighted by molar-refractivity contribution is 0.187. The fourth-order valence-corrected chi connectivity index (χ4v) is 2.54. The van der Waals surface area contributed by atoms with Gasteiger partial charge in [-0.15, -0.1) is 0 Å². The predicted molar refractivity (Wildman–Crippen MR) is 68.0 cm³/mol. The zero-order valence-corrected chi connectivity index (χ0v) is 10.9. The van der Waals surface area contributed by atoms with Gasteiger partial charge in [0.1, 0.15) is 0 Å². The Balaban J connectivity index is 1.85. The average molecular weight is 237 g/mol. The van der Waals surface area contributed by atoms with E-state index in [1.165, 1.54) is 18.4 Å². The molecule has 96 valence electrons. The van der Waals surface area contributed by atoms with Crippen LogP contribution in [0.2, 0.25) is 0 Å². The van der Waals surface area contributed by atoms with Gasteiger partial charge in [-0.2, -0.15) is 0 Å². The fourth-order valence-electron chi connectivity index (χ4n) is 2.54. The summed E-state index contributed by atoms with van der Waals surface area (Å²) in [6, 6.07) is 2.08. The Labute approximate surface area is 104 Å². The number of furan rings is 1. The summed E-state index contributed by atoms with van der Waals surface area (Å²) >= 11 is 0. The lowest BCUT2D eigenvalue weighted by Gasteiger charge is -2.30. The highest BCUT2D eigenvalue weighted by Gasteiger charge is 2.41. The largest absolute Gasteiger partial charge is 0.472 e. The van der Waals surface area contributed by atoms with Crippen molar-refractivity contribution in [1.82, 2.24) is 5.32 Å². The Kier molecular flexibility index (Phi) is 4.24. The molecule has 1 saturated carbocycles. The monoisotopic (exact) mass is 237 g/mol. The summed E-state index contributed by atoms with van der Waals surface area (Å²) in [6.07, 6.45) is 7.49. The molecule has 1 aliphatic carbocycles. The Bertz CT molecular complexity index is 319. The highest BCUT2D eigenvalue weighted by Crippen LogP contribution is 2.47. The summed E-state index contributed by atoms with van der Waals surface area (Å²) in [7, 11) is 1.74. The number of hydrogen-bond acceptors (Lipinski definition) is 3. The van der Waals surface area contributed by atoms with E-state index in [4.69, 9.17) is 9.15 Å². The van der Waals surface area contributed by atoms with Gasteiger partial charge in [0.15, 0.2) is 0 Å². The third-order valence-corrected chi connectivity index (χ3v) is 3.76. The molecule has 0 radical (unpaired) electrons. The van der Waals surface area contributed by atoms with E-state index >= 15 is 0 Å². The van der Waals surface area contributed by atoms with Gasteiger partial charge < -0.3 is 14.5 Å². The van der Waals surface area contributed by atoms with Crippen molar-refractivity contribution in [2.24, 2.45) is 11.3 Å². The molecule has 1 aromatic rings. The van der Waals surface area contributed by atoms with Crippen LogP contribution < -0.4 is 5.32 Å². The average Bonchev–Trinajstić information content (AvgIpc) is 3.07. The molecular formula is C14H23NO2. The van der Waals surface area contributed by atoms with E-state index in [1.807, 2.05) is 6.26 Å². The highest BCUT2D eigenvalue weighted by molar-refractivity contribution is 5.11. The molecule has 1 N–H and O–H groups in total. The van der Waals surface area contributed by atoms with Crippen LogP contribution >= 0.6 is 0 Å².